The number of hydrogen-bond donors (Lipinski definition) is 1. The summed E-state index contributed by atoms with van der Waals surface area (Å²) in [6, 6.07) is 2.45. The molecule has 1 fully saturated rings. The first-order valence-corrected chi connectivity index (χ1v) is 5.27. The number of nitrogens with zero attached hydrogens (tertiary/aromatic N) is 1. The maximum Gasteiger partial charge on any atom is 0.0693 e. The Morgan fingerprint density at radius 3 is 2.23 bits per heavy atom. The van der Waals surface area contributed by atoms with E-state index in [1.165, 1.54) is 12.8 Å². The van der Waals surface area contributed by atoms with Crippen molar-refractivity contribution in [3.05, 3.63) is 0 Å². The van der Waals surface area contributed by atoms with Crippen molar-refractivity contribution in [2.75, 3.05) is 6.61 Å². The van der Waals surface area contributed by atoms with E-state index in [1.54, 1.807) is 0 Å². The smallest absolute Gasteiger partial charge is 0.0693 e. The lowest BCUT2D eigenvalue weighted by Crippen LogP contribution is -2.29. The predicted octanol–water partition coefficient (Wildman–Crippen LogP) is 2.48. The van der Waals surface area contributed by atoms with E-state index >= 15 is 0 Å². The van der Waals surface area contributed by atoms with Gasteiger partial charge in [0.05, 0.1) is 11.5 Å². The molecule has 1 N–H and O–H groups in total. The molecule has 13 heavy (non-hydrogen) atoms. The largest absolute Gasteiger partial charge is 0.396 e. The zero-order chi connectivity index (χ0) is 9.73. The Balaban J connectivity index is 2.71. The molecular weight excluding hydrogens is 162 g/mol. The highest BCUT2D eigenvalue weighted by Gasteiger charge is 2.36. The van der Waals surface area contributed by atoms with Crippen LogP contribution in [0.2, 0.25) is 0 Å². The molecule has 2 nitrogen and oxygen atoms in total. The summed E-state index contributed by atoms with van der Waals surface area (Å²) in [4.78, 5) is 0. The average Bonchev–Trinajstić information content (AvgIpc) is 2.42. The van der Waals surface area contributed by atoms with Gasteiger partial charge in [0.1, 0.15) is 0 Å². The predicted molar refractivity (Wildman–Crippen MR) is 52.0 cm³/mol. The van der Waals surface area contributed by atoms with E-state index < -0.39 is 0 Å². The molecule has 1 saturated carbocycles. The van der Waals surface area contributed by atoms with Crippen LogP contribution in [0.3, 0.4) is 0 Å². The molecule has 0 aromatic carbocycles. The quantitative estimate of drug-likeness (QED) is 0.665. The number of rotatable bonds is 2. The van der Waals surface area contributed by atoms with E-state index in [2.05, 4.69) is 6.07 Å². The van der Waals surface area contributed by atoms with Crippen LogP contribution in [0.1, 0.15) is 45.4 Å². The van der Waals surface area contributed by atoms with Gasteiger partial charge in [0.15, 0.2) is 0 Å². The summed E-state index contributed by atoms with van der Waals surface area (Å²) in [7, 11) is 0. The van der Waals surface area contributed by atoms with Gasteiger partial charge in [-0.15, -0.1) is 0 Å². The van der Waals surface area contributed by atoms with E-state index in [-0.39, 0.29) is 17.9 Å². The van der Waals surface area contributed by atoms with Gasteiger partial charge in [-0.1, -0.05) is 32.6 Å². The molecule has 0 aromatic heterocycles. The molecule has 1 aliphatic rings. The van der Waals surface area contributed by atoms with Crippen molar-refractivity contribution >= 4 is 0 Å². The van der Waals surface area contributed by atoms with Crippen molar-refractivity contribution in [1.82, 2.24) is 0 Å². The molecule has 1 rings (SSSR count). The van der Waals surface area contributed by atoms with E-state index in [1.807, 2.05) is 6.92 Å². The second-order valence-electron chi connectivity index (χ2n) is 4.27. The zero-order valence-corrected chi connectivity index (χ0v) is 8.42. The standard InChI is InChI=1S/C11H19NO/c1-10(8-13)11(9-12)6-4-2-3-5-7-11/h10,13H,2-8H2,1H3. The normalized spacial score (nSPS) is 24.4. The van der Waals surface area contributed by atoms with Crippen LogP contribution in [0.4, 0.5) is 0 Å². The van der Waals surface area contributed by atoms with Gasteiger partial charge in [-0.25, -0.2) is 0 Å². The third kappa shape index (κ3) is 2.22. The summed E-state index contributed by atoms with van der Waals surface area (Å²) in [5.41, 5.74) is -0.231. The average molecular weight is 181 g/mol. The van der Waals surface area contributed by atoms with Crippen LogP contribution in [0.25, 0.3) is 0 Å². The Morgan fingerprint density at radius 2 is 1.85 bits per heavy atom. The second kappa shape index (κ2) is 4.62. The SMILES string of the molecule is CC(CO)C1(C#N)CCCCCC1. The molecule has 0 radical (unpaired) electrons. The van der Waals surface area contributed by atoms with Crippen LogP contribution in [-0.4, -0.2) is 11.7 Å². The number of hydrogen-bond acceptors (Lipinski definition) is 2. The fraction of sp³-hybridized carbons (Fsp3) is 0.909. The maximum absolute atomic E-state index is 9.21. The lowest BCUT2D eigenvalue weighted by Gasteiger charge is -2.30. The van der Waals surface area contributed by atoms with Crippen molar-refractivity contribution in [1.29, 1.82) is 5.26 Å². The van der Waals surface area contributed by atoms with Crippen molar-refractivity contribution in [2.24, 2.45) is 11.3 Å². The van der Waals surface area contributed by atoms with Gasteiger partial charge < -0.3 is 5.11 Å². The van der Waals surface area contributed by atoms with E-state index in [0.717, 1.165) is 25.7 Å². The fourth-order valence-corrected chi connectivity index (χ4v) is 2.25. The highest BCUT2D eigenvalue weighted by atomic mass is 16.3. The first kappa shape index (κ1) is 10.5. The number of aliphatic hydroxyl groups is 1. The summed E-state index contributed by atoms with van der Waals surface area (Å²) >= 11 is 0. The summed E-state index contributed by atoms with van der Waals surface area (Å²) in [6.45, 7) is 2.14. The molecule has 74 valence electrons. The molecule has 0 aromatic rings. The van der Waals surface area contributed by atoms with Gasteiger partial charge >= 0.3 is 0 Å². The highest BCUT2D eigenvalue weighted by molar-refractivity contribution is 5.02. The molecule has 2 heteroatoms. The van der Waals surface area contributed by atoms with Crippen molar-refractivity contribution in [3.8, 4) is 6.07 Å². The second-order valence-corrected chi connectivity index (χ2v) is 4.27. The lowest BCUT2D eigenvalue weighted by atomic mass is 9.72. The summed E-state index contributed by atoms with van der Waals surface area (Å²) in [6.07, 6.45) is 6.76. The molecule has 0 bridgehead atoms. The molecular formula is C11H19NO. The fourth-order valence-electron chi connectivity index (χ4n) is 2.25. The first-order chi connectivity index (χ1) is 6.25. The van der Waals surface area contributed by atoms with Gasteiger partial charge in [-0.3, -0.25) is 0 Å². The van der Waals surface area contributed by atoms with Crippen LogP contribution in [0, 0.1) is 22.7 Å². The highest BCUT2D eigenvalue weighted by Crippen LogP contribution is 2.40. The lowest BCUT2D eigenvalue weighted by molar-refractivity contribution is 0.131. The minimum Gasteiger partial charge on any atom is -0.396 e. The van der Waals surface area contributed by atoms with Crippen LogP contribution in [0.15, 0.2) is 0 Å². The van der Waals surface area contributed by atoms with Crippen molar-refractivity contribution in [2.45, 2.75) is 45.4 Å². The Labute approximate surface area is 80.6 Å². The third-order valence-corrected chi connectivity index (χ3v) is 3.44. The monoisotopic (exact) mass is 181 g/mol. The van der Waals surface area contributed by atoms with Crippen LogP contribution in [0.5, 0.6) is 0 Å². The zero-order valence-electron chi connectivity index (χ0n) is 8.42. The molecule has 0 aliphatic heterocycles. The molecule has 0 spiro atoms. The minimum atomic E-state index is -0.231. The Bertz CT molecular complexity index is 187. The summed E-state index contributed by atoms with van der Waals surface area (Å²) in [5, 5.41) is 18.3. The van der Waals surface area contributed by atoms with Gasteiger partial charge in [0.2, 0.25) is 0 Å². The summed E-state index contributed by atoms with van der Waals surface area (Å²) < 4.78 is 0. The molecule has 0 amide bonds. The molecule has 0 saturated heterocycles. The minimum absolute atomic E-state index is 0.135. The van der Waals surface area contributed by atoms with Crippen LogP contribution < -0.4 is 0 Å². The van der Waals surface area contributed by atoms with Crippen molar-refractivity contribution < 1.29 is 5.11 Å². The van der Waals surface area contributed by atoms with E-state index in [0.29, 0.717) is 0 Å². The topological polar surface area (TPSA) is 44.0 Å². The van der Waals surface area contributed by atoms with Crippen LogP contribution in [-0.2, 0) is 0 Å². The maximum atomic E-state index is 9.21. The molecule has 1 aliphatic carbocycles. The van der Waals surface area contributed by atoms with Crippen LogP contribution >= 0.6 is 0 Å². The molecule has 0 heterocycles. The van der Waals surface area contributed by atoms with Gasteiger partial charge in [-0.05, 0) is 18.8 Å². The molecule has 1 unspecified atom stereocenters. The van der Waals surface area contributed by atoms with Gasteiger partial charge in [-0.2, -0.15) is 5.26 Å². The van der Waals surface area contributed by atoms with Crippen molar-refractivity contribution in [3.63, 3.8) is 0 Å². The summed E-state index contributed by atoms with van der Waals surface area (Å²) in [5.74, 6) is 0.135. The van der Waals surface area contributed by atoms with Gasteiger partial charge in [0, 0.05) is 6.61 Å². The van der Waals surface area contributed by atoms with E-state index in [4.69, 9.17) is 5.11 Å². The van der Waals surface area contributed by atoms with Gasteiger partial charge in [0.25, 0.3) is 0 Å². The Hall–Kier alpha value is -0.550. The number of nitriles is 1. The molecule has 1 atom stereocenters. The first-order valence-electron chi connectivity index (χ1n) is 5.27. The number of aliphatic hydroxyl groups excluding tert-OH is 1. The third-order valence-electron chi connectivity index (χ3n) is 3.44. The Kier molecular flexibility index (Phi) is 3.74. The van der Waals surface area contributed by atoms with E-state index in [9.17, 15) is 5.26 Å². The Morgan fingerprint density at radius 1 is 1.31 bits per heavy atom.